The third-order valence-corrected chi connectivity index (χ3v) is 7.56. The predicted octanol–water partition coefficient (Wildman–Crippen LogP) is 5.85. The van der Waals surface area contributed by atoms with E-state index in [-0.39, 0.29) is 5.82 Å². The monoisotopic (exact) mass is 552 g/mol. The first-order valence-electron chi connectivity index (χ1n) is 12.9. The van der Waals surface area contributed by atoms with Crippen LogP contribution in [0.4, 0.5) is 9.52 Å². The van der Waals surface area contributed by atoms with Crippen LogP contribution in [0, 0.1) is 5.82 Å². The van der Waals surface area contributed by atoms with Crippen LogP contribution in [0.5, 0.6) is 0 Å². The van der Waals surface area contributed by atoms with Crippen LogP contribution in [0.2, 0.25) is 0 Å². The van der Waals surface area contributed by atoms with Crippen LogP contribution < -0.4 is 5.32 Å². The van der Waals surface area contributed by atoms with Gasteiger partial charge in [-0.3, -0.25) is 20.0 Å². The van der Waals surface area contributed by atoms with E-state index >= 15 is 0 Å². The van der Waals surface area contributed by atoms with Crippen molar-refractivity contribution in [2.45, 2.75) is 19.5 Å². The maximum Gasteiger partial charge on any atom is 0.339 e. The van der Waals surface area contributed by atoms with E-state index in [1.165, 1.54) is 29.0 Å². The molecule has 7 nitrogen and oxygen atoms in total. The van der Waals surface area contributed by atoms with E-state index in [1.54, 1.807) is 17.5 Å². The number of amides is 1. The quantitative estimate of drug-likeness (QED) is 0.255. The van der Waals surface area contributed by atoms with Crippen LogP contribution >= 0.6 is 11.3 Å². The van der Waals surface area contributed by atoms with Gasteiger partial charge in [-0.2, -0.15) is 0 Å². The van der Waals surface area contributed by atoms with Crippen LogP contribution in [-0.4, -0.2) is 39.9 Å². The molecular weight excluding hydrogens is 527 g/mol. The highest BCUT2D eigenvalue weighted by Crippen LogP contribution is 2.30. The Morgan fingerprint density at radius 2 is 1.75 bits per heavy atom. The zero-order chi connectivity index (χ0) is 27.5. The minimum absolute atomic E-state index is 0.332. The van der Waals surface area contributed by atoms with Crippen LogP contribution in [0.25, 0.3) is 22.2 Å². The number of carbonyl (C=O) groups excluding carboxylic acids is 2. The van der Waals surface area contributed by atoms with Crippen molar-refractivity contribution in [3.8, 4) is 11.3 Å². The second kappa shape index (κ2) is 11.3. The van der Waals surface area contributed by atoms with E-state index in [1.807, 2.05) is 42.5 Å². The smallest absolute Gasteiger partial charge is 0.339 e. The highest BCUT2D eigenvalue weighted by Gasteiger charge is 2.27. The first-order chi connectivity index (χ1) is 19.5. The van der Waals surface area contributed by atoms with Crippen LogP contribution in [0.3, 0.4) is 0 Å². The predicted molar refractivity (Wildman–Crippen MR) is 152 cm³/mol. The van der Waals surface area contributed by atoms with Gasteiger partial charge in [-0.05, 0) is 35.9 Å². The molecule has 0 saturated carbocycles. The molecule has 200 valence electrons. The third-order valence-electron chi connectivity index (χ3n) is 6.80. The standard InChI is InChI=1S/C31H25FN4O3S/c32-22-12-10-21(11-13-22)27-19-40-31(34-27)35-28(37)18-39-30(38)29-23-8-4-5-9-25(23)33-26-14-15-36(17-24(26)29)16-20-6-2-1-3-7-20/h1-13,19H,14-18H2,(H,34,35,37). The van der Waals surface area contributed by atoms with Crippen molar-refractivity contribution in [3.05, 3.63) is 112 Å². The first-order valence-corrected chi connectivity index (χ1v) is 13.8. The Morgan fingerprint density at radius 3 is 2.58 bits per heavy atom. The zero-order valence-electron chi connectivity index (χ0n) is 21.5. The normalized spacial score (nSPS) is 13.1. The van der Waals surface area contributed by atoms with E-state index in [0.29, 0.717) is 34.7 Å². The fraction of sp³-hybridized carbons (Fsp3) is 0.161. The first kappa shape index (κ1) is 25.8. The molecule has 0 unspecified atom stereocenters. The number of fused-ring (bicyclic) bond motifs is 2. The Balaban J connectivity index is 1.17. The van der Waals surface area contributed by atoms with Gasteiger partial charge in [0.1, 0.15) is 5.82 Å². The summed E-state index contributed by atoms with van der Waals surface area (Å²) in [5, 5.41) is 5.52. The number of halogens is 1. The van der Waals surface area contributed by atoms with Gasteiger partial charge in [0.15, 0.2) is 11.7 Å². The topological polar surface area (TPSA) is 84.4 Å². The van der Waals surface area contributed by atoms with Gasteiger partial charge in [0.05, 0.1) is 16.8 Å². The fourth-order valence-corrected chi connectivity index (χ4v) is 5.63. The molecule has 1 aliphatic rings. The van der Waals surface area contributed by atoms with Crippen molar-refractivity contribution < 1.29 is 18.7 Å². The highest BCUT2D eigenvalue weighted by molar-refractivity contribution is 7.14. The van der Waals surface area contributed by atoms with E-state index in [4.69, 9.17) is 9.72 Å². The number of hydrogen-bond acceptors (Lipinski definition) is 7. The van der Waals surface area contributed by atoms with E-state index in [2.05, 4.69) is 27.3 Å². The summed E-state index contributed by atoms with van der Waals surface area (Å²) in [5.74, 6) is -1.38. The molecule has 40 heavy (non-hydrogen) atoms. The minimum atomic E-state index is -0.558. The summed E-state index contributed by atoms with van der Waals surface area (Å²) in [6, 6.07) is 23.7. The summed E-state index contributed by atoms with van der Waals surface area (Å²) in [5.41, 5.74) is 5.47. The summed E-state index contributed by atoms with van der Waals surface area (Å²) in [6.45, 7) is 1.70. The molecule has 0 radical (unpaired) electrons. The third kappa shape index (κ3) is 5.61. The Kier molecular flexibility index (Phi) is 7.31. The zero-order valence-corrected chi connectivity index (χ0v) is 22.3. The number of anilines is 1. The van der Waals surface area contributed by atoms with Crippen molar-refractivity contribution in [2.24, 2.45) is 0 Å². The molecule has 0 bridgehead atoms. The molecule has 1 amide bonds. The number of ether oxygens (including phenoxy) is 1. The lowest BCUT2D eigenvalue weighted by Crippen LogP contribution is -2.32. The number of para-hydroxylation sites is 1. The Hall–Kier alpha value is -4.47. The second-order valence-corrected chi connectivity index (χ2v) is 10.4. The molecule has 3 aromatic carbocycles. The van der Waals surface area contributed by atoms with Gasteiger partial charge in [-0.15, -0.1) is 11.3 Å². The van der Waals surface area contributed by atoms with Gasteiger partial charge < -0.3 is 4.74 Å². The molecule has 0 atom stereocenters. The molecule has 3 heterocycles. The van der Waals surface area contributed by atoms with Gasteiger partial charge in [-0.1, -0.05) is 48.5 Å². The molecule has 5 aromatic rings. The number of thiazole rings is 1. The van der Waals surface area contributed by atoms with E-state index < -0.39 is 18.5 Å². The maximum absolute atomic E-state index is 13.5. The lowest BCUT2D eigenvalue weighted by molar-refractivity contribution is -0.119. The average Bonchev–Trinajstić information content (AvgIpc) is 3.44. The molecule has 2 aromatic heterocycles. The van der Waals surface area contributed by atoms with Crippen molar-refractivity contribution >= 4 is 39.2 Å². The summed E-state index contributed by atoms with van der Waals surface area (Å²) in [6.07, 6.45) is 0.716. The molecule has 1 aliphatic heterocycles. The Bertz CT molecular complexity index is 1690. The fourth-order valence-electron chi connectivity index (χ4n) is 4.90. The Labute approximate surface area is 234 Å². The number of nitrogens with zero attached hydrogens (tertiary/aromatic N) is 3. The molecule has 0 aliphatic carbocycles. The second-order valence-electron chi connectivity index (χ2n) is 9.54. The van der Waals surface area contributed by atoms with Gasteiger partial charge in [0.25, 0.3) is 5.91 Å². The number of carbonyl (C=O) groups is 2. The summed E-state index contributed by atoms with van der Waals surface area (Å²) < 4.78 is 18.7. The summed E-state index contributed by atoms with van der Waals surface area (Å²) in [4.78, 5) is 37.7. The van der Waals surface area contributed by atoms with Crippen molar-refractivity contribution in [1.82, 2.24) is 14.9 Å². The van der Waals surface area contributed by atoms with E-state index in [0.717, 1.165) is 35.4 Å². The molecule has 6 rings (SSSR count). The van der Waals surface area contributed by atoms with E-state index in [9.17, 15) is 14.0 Å². The van der Waals surface area contributed by atoms with Gasteiger partial charge >= 0.3 is 5.97 Å². The van der Waals surface area contributed by atoms with Gasteiger partial charge in [0.2, 0.25) is 0 Å². The number of rotatable bonds is 7. The lowest BCUT2D eigenvalue weighted by atomic mass is 9.95. The molecule has 9 heteroatoms. The number of pyridine rings is 1. The Morgan fingerprint density at radius 1 is 0.975 bits per heavy atom. The van der Waals surface area contributed by atoms with Gasteiger partial charge in [0, 0.05) is 53.6 Å². The van der Waals surface area contributed by atoms with Crippen LogP contribution in [0.15, 0.2) is 84.2 Å². The highest BCUT2D eigenvalue weighted by atomic mass is 32.1. The van der Waals surface area contributed by atoms with Crippen LogP contribution in [-0.2, 0) is 29.0 Å². The molecule has 1 N–H and O–H groups in total. The maximum atomic E-state index is 13.5. The average molecular weight is 553 g/mol. The summed E-state index contributed by atoms with van der Waals surface area (Å²) in [7, 11) is 0. The minimum Gasteiger partial charge on any atom is -0.452 e. The van der Waals surface area contributed by atoms with Crippen LogP contribution in [0.1, 0.15) is 27.2 Å². The molecule has 0 fully saturated rings. The van der Waals surface area contributed by atoms with Gasteiger partial charge in [-0.25, -0.2) is 14.2 Å². The molecule has 0 saturated heterocycles. The number of benzene rings is 3. The van der Waals surface area contributed by atoms with Crippen molar-refractivity contribution in [3.63, 3.8) is 0 Å². The largest absolute Gasteiger partial charge is 0.452 e. The lowest BCUT2D eigenvalue weighted by Gasteiger charge is -2.30. The SMILES string of the molecule is O=C(COC(=O)c1c2c(nc3ccccc13)CCN(Cc1ccccc1)C2)Nc1nc(-c2ccc(F)cc2)cs1. The molecular formula is C31H25FN4O3S. The number of esters is 1. The number of hydrogen-bond donors (Lipinski definition) is 1. The van der Waals surface area contributed by atoms with Crippen molar-refractivity contribution in [1.29, 1.82) is 0 Å². The van der Waals surface area contributed by atoms with Crippen molar-refractivity contribution in [2.75, 3.05) is 18.5 Å². The summed E-state index contributed by atoms with van der Waals surface area (Å²) >= 11 is 1.24. The number of aromatic nitrogens is 2. The molecule has 0 spiro atoms. The number of nitrogens with one attached hydrogen (secondary N) is 1.